The number of likely N-dealkylation sites (tertiary alicyclic amines) is 1. The topological polar surface area (TPSA) is 105 Å². The molecule has 0 bridgehead atoms. The van der Waals surface area contributed by atoms with Gasteiger partial charge < -0.3 is 15.0 Å². The molecule has 0 atom stereocenters. The number of rotatable bonds is 6. The van der Waals surface area contributed by atoms with E-state index in [4.69, 9.17) is 4.74 Å². The quantitative estimate of drug-likeness (QED) is 0.666. The van der Waals surface area contributed by atoms with Crippen molar-refractivity contribution in [3.05, 3.63) is 53.6 Å². The number of para-hydroxylation sites is 1. The summed E-state index contributed by atoms with van der Waals surface area (Å²) in [5.41, 5.74) is 0.0668. The van der Waals surface area contributed by atoms with Crippen LogP contribution in [0.15, 0.2) is 47.4 Å². The number of nitrogens with zero attached hydrogens (tertiary/aromatic N) is 1. The smallest absolute Gasteiger partial charge is 0.261 e. The van der Waals surface area contributed by atoms with Crippen LogP contribution in [0.4, 0.5) is 5.69 Å². The maximum Gasteiger partial charge on any atom is 0.261 e. The maximum absolute atomic E-state index is 13.2. The van der Waals surface area contributed by atoms with E-state index in [1.807, 2.05) is 20.8 Å². The van der Waals surface area contributed by atoms with Gasteiger partial charge in [0, 0.05) is 18.6 Å². The van der Waals surface area contributed by atoms with Crippen molar-refractivity contribution in [3.8, 4) is 5.75 Å². The van der Waals surface area contributed by atoms with Crippen LogP contribution in [0.3, 0.4) is 0 Å². The van der Waals surface area contributed by atoms with Gasteiger partial charge in [0.1, 0.15) is 5.75 Å². The third-order valence-corrected chi connectivity index (χ3v) is 6.62. The van der Waals surface area contributed by atoms with Crippen LogP contribution >= 0.6 is 0 Å². The molecule has 1 aliphatic heterocycles. The van der Waals surface area contributed by atoms with Crippen molar-refractivity contribution < 1.29 is 22.7 Å². The second-order valence-electron chi connectivity index (χ2n) is 9.07. The van der Waals surface area contributed by atoms with E-state index < -0.39 is 21.5 Å². The predicted molar refractivity (Wildman–Crippen MR) is 127 cm³/mol. The van der Waals surface area contributed by atoms with Gasteiger partial charge in [0.15, 0.2) is 0 Å². The zero-order chi connectivity index (χ0) is 24.2. The van der Waals surface area contributed by atoms with E-state index >= 15 is 0 Å². The van der Waals surface area contributed by atoms with Crippen molar-refractivity contribution in [2.75, 3.05) is 24.9 Å². The van der Waals surface area contributed by atoms with Gasteiger partial charge in [0.25, 0.3) is 21.8 Å². The standard InChI is InChI=1S/C24H31N3O5S/c1-24(2,3)25-22(28)18-10-6-7-11-20(18)26-33(30,31)17-12-13-21(32-4)19(16-17)23(29)27-14-8-5-9-15-27/h6-7,10-13,16,26H,5,8-9,14-15H2,1-4H3,(H,25,28). The molecule has 0 saturated carbocycles. The average Bonchev–Trinajstić information content (AvgIpc) is 2.77. The molecule has 1 heterocycles. The van der Waals surface area contributed by atoms with Gasteiger partial charge in [-0.15, -0.1) is 0 Å². The van der Waals surface area contributed by atoms with E-state index in [1.54, 1.807) is 23.1 Å². The van der Waals surface area contributed by atoms with Crippen molar-refractivity contribution in [1.82, 2.24) is 10.2 Å². The number of anilines is 1. The molecule has 2 N–H and O–H groups in total. The summed E-state index contributed by atoms with van der Waals surface area (Å²) < 4.78 is 34.2. The molecule has 3 rings (SSSR count). The third-order valence-electron chi connectivity index (χ3n) is 5.26. The second-order valence-corrected chi connectivity index (χ2v) is 10.8. The van der Waals surface area contributed by atoms with Crippen molar-refractivity contribution in [1.29, 1.82) is 0 Å². The van der Waals surface area contributed by atoms with Gasteiger partial charge in [-0.25, -0.2) is 8.42 Å². The lowest BCUT2D eigenvalue weighted by Crippen LogP contribution is -2.40. The normalized spacial score (nSPS) is 14.5. The van der Waals surface area contributed by atoms with Gasteiger partial charge in [0.05, 0.1) is 28.8 Å². The van der Waals surface area contributed by atoms with Gasteiger partial charge in [0.2, 0.25) is 0 Å². The Kier molecular flexibility index (Phi) is 7.31. The number of carbonyl (C=O) groups is 2. The molecule has 1 fully saturated rings. The highest BCUT2D eigenvalue weighted by molar-refractivity contribution is 7.92. The zero-order valence-corrected chi connectivity index (χ0v) is 20.3. The Morgan fingerprint density at radius 3 is 2.27 bits per heavy atom. The molecule has 0 radical (unpaired) electrons. The number of sulfonamides is 1. The number of hydrogen-bond donors (Lipinski definition) is 2. The number of benzene rings is 2. The molecule has 33 heavy (non-hydrogen) atoms. The fraction of sp³-hybridized carbons (Fsp3) is 0.417. The van der Waals surface area contributed by atoms with Crippen LogP contribution in [0.2, 0.25) is 0 Å². The zero-order valence-electron chi connectivity index (χ0n) is 19.5. The molecule has 0 aliphatic carbocycles. The highest BCUT2D eigenvalue weighted by atomic mass is 32.2. The summed E-state index contributed by atoms with van der Waals surface area (Å²) in [6, 6.07) is 10.6. The first-order chi connectivity index (χ1) is 15.5. The molecule has 1 aliphatic rings. The van der Waals surface area contributed by atoms with Crippen LogP contribution in [0.25, 0.3) is 0 Å². The number of ether oxygens (including phenoxy) is 1. The molecule has 0 unspecified atom stereocenters. The fourth-order valence-electron chi connectivity index (χ4n) is 3.67. The minimum Gasteiger partial charge on any atom is -0.496 e. The Morgan fingerprint density at radius 2 is 1.64 bits per heavy atom. The first kappa shape index (κ1) is 24.6. The molecular formula is C24H31N3O5S. The largest absolute Gasteiger partial charge is 0.496 e. The summed E-state index contributed by atoms with van der Waals surface area (Å²) in [5, 5.41) is 2.84. The predicted octanol–water partition coefficient (Wildman–Crippen LogP) is 3.65. The summed E-state index contributed by atoms with van der Waals surface area (Å²) in [6.45, 7) is 6.79. The van der Waals surface area contributed by atoms with E-state index in [1.165, 1.54) is 31.4 Å². The molecule has 0 aromatic heterocycles. The van der Waals surface area contributed by atoms with Crippen LogP contribution in [0.1, 0.15) is 60.7 Å². The van der Waals surface area contributed by atoms with Crippen molar-refractivity contribution in [3.63, 3.8) is 0 Å². The molecule has 2 aromatic rings. The summed E-state index contributed by atoms with van der Waals surface area (Å²) in [5.74, 6) is -0.334. The van der Waals surface area contributed by atoms with Crippen LogP contribution < -0.4 is 14.8 Å². The molecule has 1 saturated heterocycles. The van der Waals surface area contributed by atoms with E-state index in [2.05, 4.69) is 10.0 Å². The van der Waals surface area contributed by atoms with Crippen molar-refractivity contribution in [2.24, 2.45) is 0 Å². The van der Waals surface area contributed by atoms with Crippen molar-refractivity contribution in [2.45, 2.75) is 50.5 Å². The monoisotopic (exact) mass is 473 g/mol. The lowest BCUT2D eigenvalue weighted by atomic mass is 10.1. The highest BCUT2D eigenvalue weighted by Crippen LogP contribution is 2.27. The Bertz CT molecular complexity index is 1130. The Morgan fingerprint density at radius 1 is 0.970 bits per heavy atom. The summed E-state index contributed by atoms with van der Waals surface area (Å²) >= 11 is 0. The molecule has 178 valence electrons. The number of piperidine rings is 1. The first-order valence-electron chi connectivity index (χ1n) is 10.9. The molecule has 2 amide bonds. The minimum atomic E-state index is -4.08. The van der Waals surface area contributed by atoms with Crippen LogP contribution in [0.5, 0.6) is 5.75 Å². The van der Waals surface area contributed by atoms with E-state index in [0.717, 1.165) is 19.3 Å². The lowest BCUT2D eigenvalue weighted by molar-refractivity contribution is 0.0720. The average molecular weight is 474 g/mol. The molecule has 9 heteroatoms. The molecule has 8 nitrogen and oxygen atoms in total. The van der Waals surface area contributed by atoms with E-state index in [0.29, 0.717) is 18.8 Å². The molecular weight excluding hydrogens is 442 g/mol. The maximum atomic E-state index is 13.2. The van der Waals surface area contributed by atoms with Crippen LogP contribution in [0, 0.1) is 0 Å². The number of nitrogens with one attached hydrogen (secondary N) is 2. The summed E-state index contributed by atoms with van der Waals surface area (Å²) in [4.78, 5) is 27.4. The summed E-state index contributed by atoms with van der Waals surface area (Å²) in [7, 11) is -2.64. The van der Waals surface area contributed by atoms with Gasteiger partial charge in [-0.05, 0) is 70.4 Å². The molecule has 2 aromatic carbocycles. The number of methoxy groups -OCH3 is 1. The molecule has 0 spiro atoms. The highest BCUT2D eigenvalue weighted by Gasteiger charge is 2.26. The Hall–Kier alpha value is -3.07. The van der Waals surface area contributed by atoms with Gasteiger partial charge in [-0.1, -0.05) is 12.1 Å². The number of carbonyl (C=O) groups excluding carboxylic acids is 2. The SMILES string of the molecule is COc1ccc(S(=O)(=O)Nc2ccccc2C(=O)NC(C)(C)C)cc1C(=O)N1CCCCC1. The van der Waals surface area contributed by atoms with E-state index in [-0.39, 0.29) is 27.6 Å². The minimum absolute atomic E-state index is 0.0882. The first-order valence-corrected chi connectivity index (χ1v) is 12.4. The van der Waals surface area contributed by atoms with Gasteiger partial charge >= 0.3 is 0 Å². The third kappa shape index (κ3) is 6.04. The van der Waals surface area contributed by atoms with Crippen LogP contribution in [-0.4, -0.2) is 50.9 Å². The van der Waals surface area contributed by atoms with Crippen molar-refractivity contribution >= 4 is 27.5 Å². The van der Waals surface area contributed by atoms with Gasteiger partial charge in [-0.2, -0.15) is 0 Å². The lowest BCUT2D eigenvalue weighted by Gasteiger charge is -2.27. The number of amides is 2. The number of hydrogen-bond acceptors (Lipinski definition) is 5. The van der Waals surface area contributed by atoms with Crippen LogP contribution in [-0.2, 0) is 10.0 Å². The Labute approximate surface area is 195 Å². The fourth-order valence-corrected chi connectivity index (χ4v) is 4.78. The Balaban J connectivity index is 1.93. The van der Waals surface area contributed by atoms with E-state index in [9.17, 15) is 18.0 Å². The van der Waals surface area contributed by atoms with Gasteiger partial charge in [-0.3, -0.25) is 14.3 Å². The second kappa shape index (κ2) is 9.82. The summed E-state index contributed by atoms with van der Waals surface area (Å²) in [6.07, 6.45) is 2.91.